The van der Waals surface area contributed by atoms with Gasteiger partial charge in [-0.15, -0.1) is 12.4 Å². The van der Waals surface area contributed by atoms with Gasteiger partial charge in [0.1, 0.15) is 5.75 Å². The van der Waals surface area contributed by atoms with Crippen LogP contribution in [0, 0.1) is 0 Å². The van der Waals surface area contributed by atoms with Crippen LogP contribution in [0.5, 0.6) is 5.75 Å². The van der Waals surface area contributed by atoms with Gasteiger partial charge in [0, 0.05) is 5.54 Å². The number of halogens is 1. The maximum atomic E-state index is 6.13. The van der Waals surface area contributed by atoms with Crippen LogP contribution < -0.4 is 10.5 Å². The Bertz CT molecular complexity index is 349. The lowest BCUT2D eigenvalue weighted by atomic mass is 9.80. The van der Waals surface area contributed by atoms with Gasteiger partial charge < -0.3 is 10.5 Å². The Morgan fingerprint density at radius 1 is 1.33 bits per heavy atom. The lowest BCUT2D eigenvalue weighted by molar-refractivity contribution is 0.398. The van der Waals surface area contributed by atoms with Gasteiger partial charge in [0.25, 0.3) is 0 Å². The molecule has 2 rings (SSSR count). The van der Waals surface area contributed by atoms with Crippen LogP contribution in [-0.4, -0.2) is 12.6 Å². The van der Waals surface area contributed by atoms with E-state index in [2.05, 4.69) is 19.1 Å². The lowest BCUT2D eigenvalue weighted by Crippen LogP contribution is -2.41. The minimum absolute atomic E-state index is 0. The molecule has 0 spiro atoms. The van der Waals surface area contributed by atoms with Gasteiger partial charge in [-0.2, -0.15) is 0 Å². The minimum Gasteiger partial charge on any atom is -0.497 e. The molecule has 2 nitrogen and oxygen atoms in total. The molecule has 1 unspecified atom stereocenters. The Morgan fingerprint density at radius 2 is 2.07 bits per heavy atom. The van der Waals surface area contributed by atoms with Crippen LogP contribution in [0.2, 0.25) is 0 Å². The van der Waals surface area contributed by atoms with Crippen LogP contribution in [0.1, 0.15) is 24.5 Å². The molecule has 1 aromatic carbocycles. The molecular formula is C12H18ClNO. The van der Waals surface area contributed by atoms with Crippen LogP contribution in [0.4, 0.5) is 0 Å². The van der Waals surface area contributed by atoms with Crippen molar-refractivity contribution in [3.05, 3.63) is 29.3 Å². The van der Waals surface area contributed by atoms with E-state index in [4.69, 9.17) is 10.5 Å². The Kier molecular flexibility index (Phi) is 3.63. The molecule has 0 aromatic heterocycles. The topological polar surface area (TPSA) is 35.2 Å². The van der Waals surface area contributed by atoms with Crippen molar-refractivity contribution in [2.45, 2.75) is 31.7 Å². The summed E-state index contributed by atoms with van der Waals surface area (Å²) in [7, 11) is 1.71. The molecule has 1 aliphatic rings. The smallest absolute Gasteiger partial charge is 0.119 e. The molecule has 0 bridgehead atoms. The summed E-state index contributed by atoms with van der Waals surface area (Å²) in [5.74, 6) is 0.948. The van der Waals surface area contributed by atoms with Gasteiger partial charge in [0.05, 0.1) is 7.11 Å². The highest BCUT2D eigenvalue weighted by Crippen LogP contribution is 2.29. The van der Waals surface area contributed by atoms with Crippen molar-refractivity contribution in [1.29, 1.82) is 0 Å². The average Bonchev–Trinajstić information content (AvgIpc) is 2.16. The Morgan fingerprint density at radius 3 is 2.73 bits per heavy atom. The van der Waals surface area contributed by atoms with E-state index in [1.165, 1.54) is 11.1 Å². The average molecular weight is 228 g/mol. The van der Waals surface area contributed by atoms with E-state index in [-0.39, 0.29) is 17.9 Å². The first-order valence-electron chi connectivity index (χ1n) is 5.05. The van der Waals surface area contributed by atoms with Crippen LogP contribution in [0.15, 0.2) is 18.2 Å². The third-order valence-corrected chi connectivity index (χ3v) is 2.97. The maximum absolute atomic E-state index is 6.13. The monoisotopic (exact) mass is 227 g/mol. The first-order valence-corrected chi connectivity index (χ1v) is 5.05. The predicted octanol–water partition coefficient (Wildman–Crippen LogP) is 2.32. The van der Waals surface area contributed by atoms with E-state index in [0.29, 0.717) is 0 Å². The second-order valence-electron chi connectivity index (χ2n) is 4.47. The number of aryl methyl sites for hydroxylation is 1. The number of fused-ring (bicyclic) bond motifs is 1. The summed E-state index contributed by atoms with van der Waals surface area (Å²) in [5, 5.41) is 0. The summed E-state index contributed by atoms with van der Waals surface area (Å²) in [6, 6.07) is 6.28. The fourth-order valence-corrected chi connectivity index (χ4v) is 2.08. The van der Waals surface area contributed by atoms with Crippen molar-refractivity contribution in [2.75, 3.05) is 7.11 Å². The van der Waals surface area contributed by atoms with Crippen molar-refractivity contribution in [3.8, 4) is 5.75 Å². The van der Waals surface area contributed by atoms with E-state index >= 15 is 0 Å². The molecule has 15 heavy (non-hydrogen) atoms. The van der Waals surface area contributed by atoms with Gasteiger partial charge in [-0.25, -0.2) is 0 Å². The molecule has 0 radical (unpaired) electrons. The second-order valence-corrected chi connectivity index (χ2v) is 4.47. The molecule has 2 N–H and O–H groups in total. The maximum Gasteiger partial charge on any atom is 0.119 e. The van der Waals surface area contributed by atoms with Crippen LogP contribution in [-0.2, 0) is 12.8 Å². The van der Waals surface area contributed by atoms with Gasteiger partial charge in [0.15, 0.2) is 0 Å². The Labute approximate surface area is 97.2 Å². The van der Waals surface area contributed by atoms with E-state index in [9.17, 15) is 0 Å². The summed E-state index contributed by atoms with van der Waals surface area (Å²) < 4.78 is 5.20. The number of nitrogens with two attached hydrogens (primary N) is 1. The third-order valence-electron chi connectivity index (χ3n) is 2.97. The summed E-state index contributed by atoms with van der Waals surface area (Å²) in [6.45, 7) is 2.13. The summed E-state index contributed by atoms with van der Waals surface area (Å²) in [4.78, 5) is 0. The van der Waals surface area contributed by atoms with E-state index in [1.54, 1.807) is 7.11 Å². The van der Waals surface area contributed by atoms with Crippen LogP contribution >= 0.6 is 12.4 Å². The highest BCUT2D eigenvalue weighted by atomic mass is 35.5. The number of hydrogen-bond acceptors (Lipinski definition) is 2. The Balaban J connectivity index is 0.00000112. The fourth-order valence-electron chi connectivity index (χ4n) is 2.08. The fraction of sp³-hybridized carbons (Fsp3) is 0.500. The first-order chi connectivity index (χ1) is 6.61. The highest BCUT2D eigenvalue weighted by molar-refractivity contribution is 5.85. The van der Waals surface area contributed by atoms with Gasteiger partial charge in [-0.3, -0.25) is 0 Å². The third kappa shape index (κ3) is 2.64. The van der Waals surface area contributed by atoms with Gasteiger partial charge >= 0.3 is 0 Å². The largest absolute Gasteiger partial charge is 0.497 e. The zero-order valence-electron chi connectivity index (χ0n) is 9.25. The molecule has 3 heteroatoms. The normalized spacial score (nSPS) is 23.9. The molecule has 84 valence electrons. The number of methoxy groups -OCH3 is 1. The molecule has 0 fully saturated rings. The molecular weight excluding hydrogens is 210 g/mol. The molecule has 0 saturated heterocycles. The summed E-state index contributed by atoms with van der Waals surface area (Å²) >= 11 is 0. The van der Waals surface area contributed by atoms with Gasteiger partial charge in [0.2, 0.25) is 0 Å². The van der Waals surface area contributed by atoms with Crippen molar-refractivity contribution < 1.29 is 4.74 Å². The van der Waals surface area contributed by atoms with Crippen molar-refractivity contribution in [1.82, 2.24) is 0 Å². The van der Waals surface area contributed by atoms with E-state index < -0.39 is 0 Å². The van der Waals surface area contributed by atoms with Gasteiger partial charge in [-0.05, 0) is 49.4 Å². The molecule has 0 aliphatic heterocycles. The van der Waals surface area contributed by atoms with Crippen molar-refractivity contribution in [3.63, 3.8) is 0 Å². The quantitative estimate of drug-likeness (QED) is 0.799. The van der Waals surface area contributed by atoms with Gasteiger partial charge in [-0.1, -0.05) is 6.07 Å². The van der Waals surface area contributed by atoms with Crippen LogP contribution in [0.3, 0.4) is 0 Å². The summed E-state index contributed by atoms with van der Waals surface area (Å²) in [5.41, 5.74) is 8.88. The summed E-state index contributed by atoms with van der Waals surface area (Å²) in [6.07, 6.45) is 3.11. The second kappa shape index (κ2) is 4.42. The predicted molar refractivity (Wildman–Crippen MR) is 64.9 cm³/mol. The molecule has 0 saturated carbocycles. The van der Waals surface area contributed by atoms with E-state index in [1.807, 2.05) is 6.07 Å². The SMILES string of the molecule is COc1ccc2c(c1)CCC(C)(N)C2.Cl. The Hall–Kier alpha value is -0.730. The lowest BCUT2D eigenvalue weighted by Gasteiger charge is -2.31. The molecule has 0 heterocycles. The zero-order chi connectivity index (χ0) is 10.2. The molecule has 1 aromatic rings. The van der Waals surface area contributed by atoms with Crippen molar-refractivity contribution in [2.24, 2.45) is 5.73 Å². The van der Waals surface area contributed by atoms with Crippen molar-refractivity contribution >= 4 is 12.4 Å². The number of rotatable bonds is 1. The number of ether oxygens (including phenoxy) is 1. The minimum atomic E-state index is -0.0262. The first kappa shape index (κ1) is 12.3. The molecule has 1 aliphatic carbocycles. The molecule has 1 atom stereocenters. The van der Waals surface area contributed by atoms with E-state index in [0.717, 1.165) is 25.0 Å². The number of hydrogen-bond donors (Lipinski definition) is 1. The number of benzene rings is 1. The molecule has 0 amide bonds. The standard InChI is InChI=1S/C12H17NO.ClH/c1-12(13)6-5-9-7-11(14-2)4-3-10(9)8-12;/h3-4,7H,5-6,8,13H2,1-2H3;1H. The van der Waals surface area contributed by atoms with Crippen LogP contribution in [0.25, 0.3) is 0 Å². The highest BCUT2D eigenvalue weighted by Gasteiger charge is 2.25. The zero-order valence-corrected chi connectivity index (χ0v) is 10.1.